The fraction of sp³-hybridized carbons (Fsp3) is 0.727. The highest BCUT2D eigenvalue weighted by Gasteiger charge is 2.49. The van der Waals surface area contributed by atoms with E-state index in [9.17, 15) is 4.79 Å². The average Bonchev–Trinajstić information content (AvgIpc) is 2.04. The lowest BCUT2D eigenvalue weighted by Gasteiger charge is -2.54. The van der Waals surface area contributed by atoms with Gasteiger partial charge in [-0.15, -0.1) is 0 Å². The SMILES string of the molecule is CC1=C2CC(CC1)C2(C)CC=O. The van der Waals surface area contributed by atoms with Crippen LogP contribution < -0.4 is 0 Å². The molecule has 12 heavy (non-hydrogen) atoms. The third-order valence-corrected chi connectivity index (χ3v) is 3.93. The highest BCUT2D eigenvalue weighted by atomic mass is 16.1. The lowest BCUT2D eigenvalue weighted by Crippen LogP contribution is -2.44. The maximum atomic E-state index is 10.5. The fourth-order valence-electron chi connectivity index (χ4n) is 2.91. The van der Waals surface area contributed by atoms with Gasteiger partial charge in [0.1, 0.15) is 6.29 Å². The monoisotopic (exact) mass is 164 g/mol. The van der Waals surface area contributed by atoms with Gasteiger partial charge in [0, 0.05) is 6.42 Å². The largest absolute Gasteiger partial charge is 0.303 e. The third-order valence-electron chi connectivity index (χ3n) is 3.93. The fourth-order valence-corrected chi connectivity index (χ4v) is 2.91. The number of hydrogen-bond donors (Lipinski definition) is 0. The Morgan fingerprint density at radius 3 is 2.92 bits per heavy atom. The van der Waals surface area contributed by atoms with E-state index in [1.165, 1.54) is 19.3 Å². The van der Waals surface area contributed by atoms with E-state index in [1.54, 1.807) is 11.1 Å². The summed E-state index contributed by atoms with van der Waals surface area (Å²) in [5.74, 6) is 0.807. The highest BCUT2D eigenvalue weighted by molar-refractivity contribution is 5.54. The molecule has 0 amide bonds. The molecule has 0 aromatic carbocycles. The first-order valence-corrected chi connectivity index (χ1v) is 4.81. The van der Waals surface area contributed by atoms with Crippen molar-refractivity contribution in [3.8, 4) is 0 Å². The summed E-state index contributed by atoms with van der Waals surface area (Å²) in [5, 5.41) is 0. The molecule has 1 heteroatoms. The minimum Gasteiger partial charge on any atom is -0.303 e. The minimum atomic E-state index is 0.268. The molecule has 0 aliphatic heterocycles. The number of rotatable bonds is 2. The molecule has 1 nitrogen and oxygen atoms in total. The Morgan fingerprint density at radius 2 is 2.42 bits per heavy atom. The summed E-state index contributed by atoms with van der Waals surface area (Å²) < 4.78 is 0. The lowest BCUT2D eigenvalue weighted by atomic mass is 9.50. The Balaban J connectivity index is 2.29. The summed E-state index contributed by atoms with van der Waals surface area (Å²) in [7, 11) is 0. The molecule has 3 aliphatic carbocycles. The second-order valence-electron chi connectivity index (χ2n) is 4.49. The van der Waals surface area contributed by atoms with Gasteiger partial charge < -0.3 is 4.79 Å². The number of hydrogen-bond acceptors (Lipinski definition) is 1. The van der Waals surface area contributed by atoms with Crippen LogP contribution >= 0.6 is 0 Å². The molecule has 1 saturated carbocycles. The summed E-state index contributed by atoms with van der Waals surface area (Å²) in [4.78, 5) is 10.5. The number of aldehydes is 1. The Kier molecular flexibility index (Phi) is 1.64. The third kappa shape index (κ3) is 0.825. The zero-order valence-electron chi connectivity index (χ0n) is 7.89. The Labute approximate surface area is 73.8 Å². The molecule has 0 aromatic heterocycles. The van der Waals surface area contributed by atoms with E-state index in [-0.39, 0.29) is 5.41 Å². The van der Waals surface area contributed by atoms with Crippen LogP contribution in [-0.2, 0) is 4.79 Å². The predicted octanol–water partition coefficient (Wildman–Crippen LogP) is 2.71. The van der Waals surface area contributed by atoms with Crippen LogP contribution in [-0.4, -0.2) is 6.29 Å². The van der Waals surface area contributed by atoms with E-state index in [1.807, 2.05) is 0 Å². The van der Waals surface area contributed by atoms with Gasteiger partial charge in [-0.2, -0.15) is 0 Å². The highest BCUT2D eigenvalue weighted by Crippen LogP contribution is 2.59. The molecule has 0 spiro atoms. The van der Waals surface area contributed by atoms with E-state index in [2.05, 4.69) is 13.8 Å². The summed E-state index contributed by atoms with van der Waals surface area (Å²) in [5.41, 5.74) is 3.41. The topological polar surface area (TPSA) is 17.1 Å². The molecule has 3 rings (SSSR count). The van der Waals surface area contributed by atoms with Gasteiger partial charge in [0.2, 0.25) is 0 Å². The Hall–Kier alpha value is -0.590. The normalized spacial score (nSPS) is 39.3. The van der Waals surface area contributed by atoms with Crippen molar-refractivity contribution in [3.63, 3.8) is 0 Å². The van der Waals surface area contributed by atoms with Gasteiger partial charge in [0.25, 0.3) is 0 Å². The lowest BCUT2D eigenvalue weighted by molar-refractivity contribution is -0.111. The van der Waals surface area contributed by atoms with E-state index >= 15 is 0 Å². The average molecular weight is 164 g/mol. The van der Waals surface area contributed by atoms with Crippen LogP contribution in [0.3, 0.4) is 0 Å². The first-order chi connectivity index (χ1) is 5.68. The number of carbonyl (C=O) groups is 1. The molecule has 2 bridgehead atoms. The molecule has 2 unspecified atom stereocenters. The first-order valence-electron chi connectivity index (χ1n) is 4.81. The smallest absolute Gasteiger partial charge is 0.120 e. The van der Waals surface area contributed by atoms with Crippen molar-refractivity contribution in [1.29, 1.82) is 0 Å². The van der Waals surface area contributed by atoms with Crippen LogP contribution in [0.4, 0.5) is 0 Å². The van der Waals surface area contributed by atoms with Crippen LogP contribution in [0, 0.1) is 11.3 Å². The van der Waals surface area contributed by atoms with E-state index in [0.29, 0.717) is 0 Å². The van der Waals surface area contributed by atoms with E-state index in [4.69, 9.17) is 0 Å². The molecular formula is C11H16O. The molecule has 1 fully saturated rings. The zero-order chi connectivity index (χ0) is 8.77. The Morgan fingerprint density at radius 1 is 1.67 bits per heavy atom. The molecule has 0 radical (unpaired) electrons. The van der Waals surface area contributed by atoms with Crippen molar-refractivity contribution in [2.24, 2.45) is 11.3 Å². The standard InChI is InChI=1S/C11H16O/c1-8-3-4-9-7-10(8)11(9,2)5-6-12/h6,9H,3-5,7H2,1-2H3. The summed E-state index contributed by atoms with van der Waals surface area (Å²) in [6.07, 6.45) is 5.68. The van der Waals surface area contributed by atoms with Crippen molar-refractivity contribution >= 4 is 6.29 Å². The first kappa shape index (κ1) is 8.03. The van der Waals surface area contributed by atoms with Crippen LogP contribution in [0.15, 0.2) is 11.1 Å². The summed E-state index contributed by atoms with van der Waals surface area (Å²) in [6, 6.07) is 0. The van der Waals surface area contributed by atoms with E-state index < -0.39 is 0 Å². The Bertz CT molecular complexity index is 252. The molecule has 0 heterocycles. The molecule has 2 atom stereocenters. The van der Waals surface area contributed by atoms with Crippen LogP contribution in [0.1, 0.15) is 39.5 Å². The van der Waals surface area contributed by atoms with Crippen molar-refractivity contribution in [2.45, 2.75) is 39.5 Å². The van der Waals surface area contributed by atoms with Gasteiger partial charge in [-0.05, 0) is 37.5 Å². The van der Waals surface area contributed by atoms with E-state index in [0.717, 1.165) is 18.6 Å². The zero-order valence-corrected chi connectivity index (χ0v) is 7.89. The van der Waals surface area contributed by atoms with Gasteiger partial charge in [0.15, 0.2) is 0 Å². The molecule has 0 aromatic rings. The van der Waals surface area contributed by atoms with Crippen molar-refractivity contribution in [1.82, 2.24) is 0 Å². The number of carbonyl (C=O) groups excluding carboxylic acids is 1. The van der Waals surface area contributed by atoms with Gasteiger partial charge >= 0.3 is 0 Å². The van der Waals surface area contributed by atoms with Gasteiger partial charge in [-0.25, -0.2) is 0 Å². The second kappa shape index (κ2) is 2.45. The summed E-state index contributed by atoms with van der Waals surface area (Å²) >= 11 is 0. The second-order valence-corrected chi connectivity index (χ2v) is 4.49. The van der Waals surface area contributed by atoms with Crippen LogP contribution in [0.5, 0.6) is 0 Å². The quantitative estimate of drug-likeness (QED) is 0.453. The molecular weight excluding hydrogens is 148 g/mol. The number of allylic oxidation sites excluding steroid dienone is 2. The van der Waals surface area contributed by atoms with Crippen molar-refractivity contribution in [2.75, 3.05) is 0 Å². The summed E-state index contributed by atoms with van der Waals surface area (Å²) in [6.45, 7) is 4.49. The van der Waals surface area contributed by atoms with Crippen molar-refractivity contribution < 1.29 is 4.79 Å². The molecule has 3 aliphatic rings. The minimum absolute atomic E-state index is 0.268. The van der Waals surface area contributed by atoms with Gasteiger partial charge in [-0.3, -0.25) is 0 Å². The molecule has 0 N–H and O–H groups in total. The maximum absolute atomic E-state index is 10.5. The molecule has 0 saturated heterocycles. The predicted molar refractivity (Wildman–Crippen MR) is 48.8 cm³/mol. The van der Waals surface area contributed by atoms with Gasteiger partial charge in [0.05, 0.1) is 0 Å². The van der Waals surface area contributed by atoms with Gasteiger partial charge in [-0.1, -0.05) is 18.1 Å². The maximum Gasteiger partial charge on any atom is 0.120 e. The molecule has 66 valence electrons. The van der Waals surface area contributed by atoms with Crippen LogP contribution in [0.25, 0.3) is 0 Å². The van der Waals surface area contributed by atoms with Crippen LogP contribution in [0.2, 0.25) is 0 Å². The number of fused-ring (bicyclic) bond motifs is 2. The van der Waals surface area contributed by atoms with Crippen molar-refractivity contribution in [3.05, 3.63) is 11.1 Å².